The van der Waals surface area contributed by atoms with E-state index in [4.69, 9.17) is 11.6 Å². The lowest BCUT2D eigenvalue weighted by Crippen LogP contribution is -2.47. The molecular formula is C21H23ClN4O4S. The zero-order valence-corrected chi connectivity index (χ0v) is 18.6. The van der Waals surface area contributed by atoms with Crippen LogP contribution in [0.4, 0.5) is 0 Å². The van der Waals surface area contributed by atoms with E-state index in [9.17, 15) is 18.3 Å². The molecule has 2 N–H and O–H groups in total. The Morgan fingerprint density at radius 2 is 1.87 bits per heavy atom. The lowest BCUT2D eigenvalue weighted by atomic mass is 10.1. The van der Waals surface area contributed by atoms with Gasteiger partial charge in [-0.1, -0.05) is 17.7 Å². The topological polar surface area (TPSA) is 102 Å². The molecule has 10 heteroatoms. The molecule has 0 aromatic heterocycles. The Balaban J connectivity index is 1.52. The van der Waals surface area contributed by atoms with Crippen molar-refractivity contribution in [3.63, 3.8) is 0 Å². The van der Waals surface area contributed by atoms with Crippen molar-refractivity contribution in [3.05, 3.63) is 58.1 Å². The quantitative estimate of drug-likeness (QED) is 0.677. The van der Waals surface area contributed by atoms with Crippen LogP contribution in [0.3, 0.4) is 0 Å². The fraction of sp³-hybridized carbons (Fsp3) is 0.333. The van der Waals surface area contributed by atoms with Crippen LogP contribution in [0.15, 0.2) is 46.4 Å². The summed E-state index contributed by atoms with van der Waals surface area (Å²) in [5, 5.41) is 14.3. The summed E-state index contributed by atoms with van der Waals surface area (Å²) in [5.74, 6) is -0.418. The number of carbonyl (C=O) groups excluding carboxylic acids is 1. The maximum atomic E-state index is 13.0. The summed E-state index contributed by atoms with van der Waals surface area (Å²) in [6, 6.07) is 9.04. The van der Waals surface area contributed by atoms with Crippen LogP contribution in [0, 0.1) is 0 Å². The van der Waals surface area contributed by atoms with Crippen LogP contribution in [-0.2, 0) is 16.4 Å². The average Bonchev–Trinajstić information content (AvgIpc) is 3.15. The number of halogens is 1. The molecule has 0 saturated carbocycles. The molecule has 1 aliphatic heterocycles. The maximum absolute atomic E-state index is 13.0. The Morgan fingerprint density at radius 1 is 1.13 bits per heavy atom. The fourth-order valence-corrected chi connectivity index (χ4v) is 5.63. The van der Waals surface area contributed by atoms with E-state index in [0.29, 0.717) is 55.3 Å². The van der Waals surface area contributed by atoms with Crippen LogP contribution in [0.5, 0.6) is 5.75 Å². The van der Waals surface area contributed by atoms with E-state index in [1.165, 1.54) is 22.5 Å². The van der Waals surface area contributed by atoms with Crippen LogP contribution in [-0.4, -0.2) is 67.6 Å². The molecule has 2 aromatic rings. The Kier molecular flexibility index (Phi) is 6.02. The Labute approximate surface area is 186 Å². The predicted octanol–water partition coefficient (Wildman–Crippen LogP) is 2.06. The van der Waals surface area contributed by atoms with Gasteiger partial charge in [-0.2, -0.15) is 9.41 Å². The van der Waals surface area contributed by atoms with Crippen LogP contribution in [0.2, 0.25) is 5.02 Å². The Hall–Kier alpha value is -2.46. The van der Waals surface area contributed by atoms with E-state index in [0.717, 1.165) is 5.56 Å². The van der Waals surface area contributed by atoms with Gasteiger partial charge in [-0.3, -0.25) is 4.79 Å². The number of hydrogen-bond acceptors (Lipinski definition) is 6. The highest BCUT2D eigenvalue weighted by molar-refractivity contribution is 7.89. The first-order chi connectivity index (χ1) is 14.8. The lowest BCUT2D eigenvalue weighted by Gasteiger charge is -2.31. The van der Waals surface area contributed by atoms with Crippen molar-refractivity contribution < 1.29 is 18.3 Å². The largest absolute Gasteiger partial charge is 0.508 e. The monoisotopic (exact) mass is 462 g/mol. The van der Waals surface area contributed by atoms with E-state index in [2.05, 4.69) is 15.4 Å². The summed E-state index contributed by atoms with van der Waals surface area (Å²) < 4.78 is 27.3. The first-order valence-corrected chi connectivity index (χ1v) is 11.7. The van der Waals surface area contributed by atoms with Gasteiger partial charge >= 0.3 is 0 Å². The van der Waals surface area contributed by atoms with Gasteiger partial charge < -0.3 is 10.0 Å². The molecule has 8 nitrogen and oxygen atoms in total. The second kappa shape index (κ2) is 8.58. The maximum Gasteiger partial charge on any atom is 0.271 e. The summed E-state index contributed by atoms with van der Waals surface area (Å²) in [6.45, 7) is 2.16. The number of nitrogens with one attached hydrogen (secondary N) is 1. The number of piperazine rings is 1. The van der Waals surface area contributed by atoms with Gasteiger partial charge in [0.05, 0.1) is 15.6 Å². The number of phenolic OH excluding ortho intramolecular Hbond substituents is 1. The van der Waals surface area contributed by atoms with Crippen molar-refractivity contribution in [3.8, 4) is 5.75 Å². The molecule has 1 aliphatic carbocycles. The fourth-order valence-electron chi connectivity index (χ4n) is 3.82. The molecular weight excluding hydrogens is 440 g/mol. The van der Waals surface area contributed by atoms with Crippen molar-refractivity contribution in [2.45, 2.75) is 17.7 Å². The molecule has 164 valence electrons. The first kappa shape index (κ1) is 21.8. The Bertz CT molecular complexity index is 1160. The number of aromatic hydroxyl groups is 1. The molecule has 2 aliphatic rings. The highest BCUT2D eigenvalue weighted by atomic mass is 35.5. The minimum Gasteiger partial charge on any atom is -0.508 e. The van der Waals surface area contributed by atoms with E-state index in [1.807, 2.05) is 7.05 Å². The summed E-state index contributed by atoms with van der Waals surface area (Å²) in [7, 11) is -1.72. The second-order valence-corrected chi connectivity index (χ2v) is 10.0. The van der Waals surface area contributed by atoms with Gasteiger partial charge in [-0.05, 0) is 55.8 Å². The van der Waals surface area contributed by atoms with Crippen molar-refractivity contribution in [1.82, 2.24) is 14.6 Å². The van der Waals surface area contributed by atoms with Crippen molar-refractivity contribution in [1.29, 1.82) is 0 Å². The van der Waals surface area contributed by atoms with Crippen LogP contribution >= 0.6 is 11.6 Å². The number of carbonyl (C=O) groups is 1. The lowest BCUT2D eigenvalue weighted by molar-refractivity contribution is 0.0954. The second-order valence-electron chi connectivity index (χ2n) is 7.70. The number of phenols is 1. The molecule has 4 rings (SSSR count). The number of rotatable bonds is 4. The first-order valence-electron chi connectivity index (χ1n) is 9.93. The van der Waals surface area contributed by atoms with Crippen LogP contribution < -0.4 is 5.43 Å². The van der Waals surface area contributed by atoms with Gasteiger partial charge in [-0.25, -0.2) is 13.8 Å². The number of likely N-dealkylation sites (N-methyl/N-ethyl adjacent to an activating group) is 1. The highest BCUT2D eigenvalue weighted by Gasteiger charge is 2.28. The van der Waals surface area contributed by atoms with Gasteiger partial charge in [0.1, 0.15) is 5.75 Å². The van der Waals surface area contributed by atoms with Crippen molar-refractivity contribution in [2.24, 2.45) is 5.10 Å². The molecule has 0 bridgehead atoms. The number of hydrogen-bond donors (Lipinski definition) is 2. The number of benzene rings is 2. The number of fused-ring (bicyclic) bond motifs is 1. The SMILES string of the molecule is CN1CCN(S(=O)(=O)c2cccc(C(=O)N/N=C3\CCc4cc(O)cc(Cl)c43)c2)CC1. The van der Waals surface area contributed by atoms with Crippen LogP contribution in [0.1, 0.15) is 27.9 Å². The molecule has 0 spiro atoms. The summed E-state index contributed by atoms with van der Waals surface area (Å²) in [6.07, 6.45) is 1.24. The molecule has 2 aromatic carbocycles. The van der Waals surface area contributed by atoms with E-state index < -0.39 is 15.9 Å². The highest BCUT2D eigenvalue weighted by Crippen LogP contribution is 2.33. The third-order valence-electron chi connectivity index (χ3n) is 5.57. The molecule has 0 radical (unpaired) electrons. The zero-order chi connectivity index (χ0) is 22.2. The molecule has 0 unspecified atom stereocenters. The molecule has 1 heterocycles. The van der Waals surface area contributed by atoms with Gasteiger partial charge in [-0.15, -0.1) is 0 Å². The van der Waals surface area contributed by atoms with Crippen molar-refractivity contribution in [2.75, 3.05) is 33.2 Å². The van der Waals surface area contributed by atoms with Crippen LogP contribution in [0.25, 0.3) is 0 Å². The third-order valence-corrected chi connectivity index (χ3v) is 7.76. The Morgan fingerprint density at radius 3 is 2.61 bits per heavy atom. The van der Waals surface area contributed by atoms with Gasteiger partial charge in [0.2, 0.25) is 10.0 Å². The number of amides is 1. The smallest absolute Gasteiger partial charge is 0.271 e. The number of hydrazone groups is 1. The molecule has 1 saturated heterocycles. The standard InChI is InChI=1S/C21H23ClN4O4S/c1-25-7-9-26(10-8-25)31(29,30)17-4-2-3-15(12-17)21(28)24-23-19-6-5-14-11-16(27)13-18(22)20(14)19/h2-4,11-13,27H,5-10H2,1H3,(H,24,28)/b23-19+. The molecule has 1 amide bonds. The number of aryl methyl sites for hydroxylation is 1. The minimum atomic E-state index is -3.67. The van der Waals surface area contributed by atoms with Crippen molar-refractivity contribution >= 4 is 33.2 Å². The molecule has 0 atom stereocenters. The molecule has 1 fully saturated rings. The third kappa shape index (κ3) is 4.45. The minimum absolute atomic E-state index is 0.0853. The van der Waals surface area contributed by atoms with E-state index >= 15 is 0 Å². The van der Waals surface area contributed by atoms with E-state index in [-0.39, 0.29) is 16.2 Å². The summed E-state index contributed by atoms with van der Waals surface area (Å²) in [4.78, 5) is 14.8. The van der Waals surface area contributed by atoms with E-state index in [1.54, 1.807) is 18.2 Å². The van der Waals surface area contributed by atoms with Gasteiger partial charge in [0.25, 0.3) is 5.91 Å². The average molecular weight is 463 g/mol. The normalized spacial score (nSPS) is 18.8. The molecule has 31 heavy (non-hydrogen) atoms. The number of nitrogens with zero attached hydrogens (tertiary/aromatic N) is 3. The van der Waals surface area contributed by atoms with Gasteiger partial charge in [0.15, 0.2) is 0 Å². The zero-order valence-electron chi connectivity index (χ0n) is 17.0. The predicted molar refractivity (Wildman–Crippen MR) is 118 cm³/mol. The number of sulfonamides is 1. The summed E-state index contributed by atoms with van der Waals surface area (Å²) >= 11 is 6.23. The van der Waals surface area contributed by atoms with Gasteiger partial charge in [0, 0.05) is 37.3 Å². The summed E-state index contributed by atoms with van der Waals surface area (Å²) in [5.41, 5.74) is 4.91.